The van der Waals surface area contributed by atoms with Crippen molar-refractivity contribution in [2.24, 2.45) is 0 Å². The Morgan fingerprint density at radius 1 is 1.62 bits per heavy atom. The minimum atomic E-state index is 0.514. The summed E-state index contributed by atoms with van der Waals surface area (Å²) in [5, 5.41) is 9.76. The van der Waals surface area contributed by atoms with Crippen molar-refractivity contribution in [2.45, 2.75) is 26.4 Å². The van der Waals surface area contributed by atoms with E-state index in [9.17, 15) is 0 Å². The first-order valence-electron chi connectivity index (χ1n) is 4.51. The van der Waals surface area contributed by atoms with Crippen molar-refractivity contribution >= 4 is 11.3 Å². The molecule has 0 fully saturated rings. The number of aromatic nitrogens is 1. The molecule has 4 heteroatoms. The van der Waals surface area contributed by atoms with E-state index in [0.29, 0.717) is 6.04 Å². The van der Waals surface area contributed by atoms with Crippen LogP contribution in [-0.2, 0) is 6.54 Å². The zero-order chi connectivity index (χ0) is 9.68. The molecule has 1 atom stereocenters. The first kappa shape index (κ1) is 10.6. The van der Waals surface area contributed by atoms with Gasteiger partial charge in [-0.2, -0.15) is 0 Å². The van der Waals surface area contributed by atoms with Gasteiger partial charge in [-0.15, -0.1) is 11.3 Å². The van der Waals surface area contributed by atoms with Crippen LogP contribution >= 0.6 is 11.3 Å². The molecule has 0 radical (unpaired) electrons. The van der Waals surface area contributed by atoms with E-state index in [1.165, 1.54) is 0 Å². The molecule has 74 valence electrons. The van der Waals surface area contributed by atoms with Gasteiger partial charge in [0.2, 0.25) is 0 Å². The highest BCUT2D eigenvalue weighted by atomic mass is 32.1. The Balaban J connectivity index is 2.20. The van der Waals surface area contributed by atoms with Crippen LogP contribution in [0.15, 0.2) is 5.38 Å². The Kier molecular flexibility index (Phi) is 4.35. The van der Waals surface area contributed by atoms with Gasteiger partial charge in [0.25, 0.3) is 0 Å². The van der Waals surface area contributed by atoms with Gasteiger partial charge in [0.05, 0.1) is 10.7 Å². The van der Waals surface area contributed by atoms with Gasteiger partial charge in [-0.1, -0.05) is 0 Å². The number of aryl methyl sites for hydroxylation is 1. The molecule has 1 aromatic heterocycles. The summed E-state index contributed by atoms with van der Waals surface area (Å²) in [5.41, 5.74) is 1.14. The molecule has 0 aliphatic heterocycles. The Bertz CT molecular complexity index is 247. The van der Waals surface area contributed by atoms with E-state index in [-0.39, 0.29) is 0 Å². The third-order valence-electron chi connectivity index (χ3n) is 1.92. The lowest BCUT2D eigenvalue weighted by Gasteiger charge is -2.09. The number of rotatable bonds is 5. The third-order valence-corrected chi connectivity index (χ3v) is 2.74. The topological polar surface area (TPSA) is 37.0 Å². The SMILES string of the molecule is CNC(C)CNCc1csc(C)n1. The van der Waals surface area contributed by atoms with Gasteiger partial charge in [-0.05, 0) is 20.9 Å². The van der Waals surface area contributed by atoms with Gasteiger partial charge in [0.15, 0.2) is 0 Å². The van der Waals surface area contributed by atoms with Crippen molar-refractivity contribution < 1.29 is 0 Å². The van der Waals surface area contributed by atoms with E-state index in [2.05, 4.69) is 27.9 Å². The maximum Gasteiger partial charge on any atom is 0.0897 e. The number of likely N-dealkylation sites (N-methyl/N-ethyl adjacent to an activating group) is 1. The molecule has 0 aliphatic carbocycles. The summed E-state index contributed by atoms with van der Waals surface area (Å²) in [4.78, 5) is 4.37. The highest BCUT2D eigenvalue weighted by Crippen LogP contribution is 2.06. The monoisotopic (exact) mass is 199 g/mol. The predicted octanol–water partition coefficient (Wildman–Crippen LogP) is 1.15. The standard InChI is InChI=1S/C9H17N3S/c1-7(10-3)4-11-5-9-6-13-8(2)12-9/h6-7,10-11H,4-5H2,1-3H3. The zero-order valence-electron chi connectivity index (χ0n) is 8.42. The largest absolute Gasteiger partial charge is 0.316 e. The fraction of sp³-hybridized carbons (Fsp3) is 0.667. The normalized spacial score (nSPS) is 13.2. The van der Waals surface area contributed by atoms with Gasteiger partial charge in [-0.3, -0.25) is 0 Å². The van der Waals surface area contributed by atoms with Crippen molar-refractivity contribution in [1.29, 1.82) is 0 Å². The van der Waals surface area contributed by atoms with Crippen molar-refractivity contribution in [2.75, 3.05) is 13.6 Å². The van der Waals surface area contributed by atoms with Crippen molar-refractivity contribution in [1.82, 2.24) is 15.6 Å². The van der Waals surface area contributed by atoms with E-state index < -0.39 is 0 Å². The van der Waals surface area contributed by atoms with Gasteiger partial charge >= 0.3 is 0 Å². The molecule has 2 N–H and O–H groups in total. The van der Waals surface area contributed by atoms with E-state index in [0.717, 1.165) is 23.8 Å². The molecule has 0 saturated heterocycles. The third kappa shape index (κ3) is 3.85. The minimum absolute atomic E-state index is 0.514. The second-order valence-electron chi connectivity index (χ2n) is 3.18. The smallest absolute Gasteiger partial charge is 0.0897 e. The summed E-state index contributed by atoms with van der Waals surface area (Å²) in [5.74, 6) is 0. The van der Waals surface area contributed by atoms with Gasteiger partial charge in [0.1, 0.15) is 0 Å². The van der Waals surface area contributed by atoms with Crippen LogP contribution < -0.4 is 10.6 Å². The summed E-state index contributed by atoms with van der Waals surface area (Å²) in [6, 6.07) is 0.514. The molecule has 3 nitrogen and oxygen atoms in total. The van der Waals surface area contributed by atoms with E-state index in [4.69, 9.17) is 0 Å². The van der Waals surface area contributed by atoms with Gasteiger partial charge < -0.3 is 10.6 Å². The maximum absolute atomic E-state index is 4.37. The number of hydrogen-bond donors (Lipinski definition) is 2. The predicted molar refractivity (Wildman–Crippen MR) is 57.1 cm³/mol. The fourth-order valence-electron chi connectivity index (χ4n) is 1.01. The molecule has 1 unspecified atom stereocenters. The van der Waals surface area contributed by atoms with Crippen LogP contribution in [0.4, 0.5) is 0 Å². The average molecular weight is 199 g/mol. The average Bonchev–Trinajstić information content (AvgIpc) is 2.51. The number of hydrogen-bond acceptors (Lipinski definition) is 4. The Morgan fingerprint density at radius 2 is 2.38 bits per heavy atom. The number of nitrogens with one attached hydrogen (secondary N) is 2. The molecular formula is C9H17N3S. The van der Waals surface area contributed by atoms with Crippen LogP contribution in [-0.4, -0.2) is 24.6 Å². The van der Waals surface area contributed by atoms with Crippen LogP contribution in [0.2, 0.25) is 0 Å². The van der Waals surface area contributed by atoms with E-state index in [1.807, 2.05) is 14.0 Å². The van der Waals surface area contributed by atoms with Crippen LogP contribution in [0.5, 0.6) is 0 Å². The summed E-state index contributed by atoms with van der Waals surface area (Å²) in [7, 11) is 1.97. The number of thiazole rings is 1. The lowest BCUT2D eigenvalue weighted by atomic mass is 10.3. The molecule has 0 saturated carbocycles. The lowest BCUT2D eigenvalue weighted by molar-refractivity contribution is 0.538. The molecule has 1 heterocycles. The molecule has 0 bridgehead atoms. The van der Waals surface area contributed by atoms with Crippen LogP contribution in [0, 0.1) is 6.92 Å². The summed E-state index contributed by atoms with van der Waals surface area (Å²) in [6.45, 7) is 6.03. The molecule has 1 rings (SSSR count). The molecule has 13 heavy (non-hydrogen) atoms. The highest BCUT2D eigenvalue weighted by molar-refractivity contribution is 7.09. The van der Waals surface area contributed by atoms with Crippen molar-refractivity contribution in [3.8, 4) is 0 Å². The second-order valence-corrected chi connectivity index (χ2v) is 4.24. The first-order valence-corrected chi connectivity index (χ1v) is 5.39. The zero-order valence-corrected chi connectivity index (χ0v) is 9.24. The highest BCUT2D eigenvalue weighted by Gasteiger charge is 1.99. The van der Waals surface area contributed by atoms with Crippen LogP contribution in [0.1, 0.15) is 17.6 Å². The molecule has 0 aromatic carbocycles. The Labute approximate surface area is 83.6 Å². The van der Waals surface area contributed by atoms with Crippen molar-refractivity contribution in [3.63, 3.8) is 0 Å². The summed E-state index contributed by atoms with van der Waals surface area (Å²) in [6.07, 6.45) is 0. The lowest BCUT2D eigenvalue weighted by Crippen LogP contribution is -2.33. The molecule has 0 aliphatic rings. The second kappa shape index (κ2) is 5.32. The van der Waals surface area contributed by atoms with Gasteiger partial charge in [0, 0.05) is 24.5 Å². The molecule has 0 amide bonds. The van der Waals surface area contributed by atoms with Crippen LogP contribution in [0.25, 0.3) is 0 Å². The molecular weight excluding hydrogens is 182 g/mol. The number of nitrogens with zero attached hydrogens (tertiary/aromatic N) is 1. The molecule has 0 spiro atoms. The molecule has 1 aromatic rings. The van der Waals surface area contributed by atoms with Crippen LogP contribution in [0.3, 0.4) is 0 Å². The minimum Gasteiger partial charge on any atom is -0.316 e. The Morgan fingerprint density at radius 3 is 2.92 bits per heavy atom. The van der Waals surface area contributed by atoms with Crippen molar-refractivity contribution in [3.05, 3.63) is 16.1 Å². The maximum atomic E-state index is 4.37. The van der Waals surface area contributed by atoms with Gasteiger partial charge in [-0.25, -0.2) is 4.98 Å². The Hall–Kier alpha value is -0.450. The summed E-state index contributed by atoms with van der Waals surface area (Å²) >= 11 is 1.70. The quantitative estimate of drug-likeness (QED) is 0.747. The fourth-order valence-corrected chi connectivity index (χ4v) is 1.62. The first-order chi connectivity index (χ1) is 6.22. The van der Waals surface area contributed by atoms with E-state index in [1.54, 1.807) is 11.3 Å². The summed E-state index contributed by atoms with van der Waals surface area (Å²) < 4.78 is 0. The van der Waals surface area contributed by atoms with E-state index >= 15 is 0 Å².